The maximum atomic E-state index is 11.6. The molecule has 92 valence electrons. The van der Waals surface area contributed by atoms with Gasteiger partial charge in [0.05, 0.1) is 0 Å². The van der Waals surface area contributed by atoms with Gasteiger partial charge in [0.1, 0.15) is 5.82 Å². The SMILES string of the molecule is Cc1cc(Br)cnc1NC(=O)CCNC1CC1. The van der Waals surface area contributed by atoms with Crippen molar-refractivity contribution in [1.82, 2.24) is 10.3 Å². The van der Waals surface area contributed by atoms with Crippen LogP contribution in [0.2, 0.25) is 0 Å². The number of carbonyl (C=O) groups excluding carboxylic acids is 1. The van der Waals surface area contributed by atoms with Crippen molar-refractivity contribution in [3.8, 4) is 0 Å². The minimum atomic E-state index is 0.0103. The lowest BCUT2D eigenvalue weighted by molar-refractivity contribution is -0.116. The van der Waals surface area contributed by atoms with Crippen molar-refractivity contribution in [1.29, 1.82) is 0 Å². The minimum Gasteiger partial charge on any atom is -0.313 e. The van der Waals surface area contributed by atoms with E-state index in [9.17, 15) is 4.79 Å². The Morgan fingerprint density at radius 1 is 1.59 bits per heavy atom. The van der Waals surface area contributed by atoms with Crippen molar-refractivity contribution < 1.29 is 4.79 Å². The predicted molar refractivity (Wildman–Crippen MR) is 70.9 cm³/mol. The summed E-state index contributed by atoms with van der Waals surface area (Å²) < 4.78 is 0.920. The molecule has 1 aliphatic carbocycles. The first-order chi connectivity index (χ1) is 8.15. The van der Waals surface area contributed by atoms with E-state index in [0.29, 0.717) is 18.3 Å². The second-order valence-electron chi connectivity index (χ2n) is 4.35. The Bertz CT molecular complexity index is 418. The summed E-state index contributed by atoms with van der Waals surface area (Å²) in [7, 11) is 0. The maximum absolute atomic E-state index is 11.6. The molecule has 4 nitrogen and oxygen atoms in total. The van der Waals surface area contributed by atoms with Crippen LogP contribution >= 0.6 is 15.9 Å². The van der Waals surface area contributed by atoms with Gasteiger partial charge in [0.2, 0.25) is 5.91 Å². The van der Waals surface area contributed by atoms with Crippen LogP contribution in [0.25, 0.3) is 0 Å². The lowest BCUT2D eigenvalue weighted by atomic mass is 10.3. The Morgan fingerprint density at radius 3 is 3.00 bits per heavy atom. The number of hydrogen-bond acceptors (Lipinski definition) is 3. The van der Waals surface area contributed by atoms with Crippen LogP contribution in [0.5, 0.6) is 0 Å². The molecule has 1 saturated carbocycles. The molecule has 1 aromatic rings. The third-order valence-corrected chi connectivity index (χ3v) is 3.10. The van der Waals surface area contributed by atoms with E-state index >= 15 is 0 Å². The van der Waals surface area contributed by atoms with Crippen molar-refractivity contribution in [3.05, 3.63) is 22.3 Å². The number of aryl methyl sites for hydroxylation is 1. The number of amides is 1. The van der Waals surface area contributed by atoms with Crippen LogP contribution in [-0.4, -0.2) is 23.5 Å². The van der Waals surface area contributed by atoms with Crippen LogP contribution in [-0.2, 0) is 4.79 Å². The molecule has 1 fully saturated rings. The minimum absolute atomic E-state index is 0.0103. The van der Waals surface area contributed by atoms with Gasteiger partial charge in [-0.1, -0.05) is 0 Å². The molecule has 2 N–H and O–H groups in total. The Kier molecular flexibility index (Phi) is 4.12. The van der Waals surface area contributed by atoms with Gasteiger partial charge in [-0.05, 0) is 47.3 Å². The monoisotopic (exact) mass is 297 g/mol. The fourth-order valence-electron chi connectivity index (χ4n) is 1.54. The number of pyridine rings is 1. The predicted octanol–water partition coefficient (Wildman–Crippen LogP) is 2.23. The average Bonchev–Trinajstić information content (AvgIpc) is 3.06. The highest BCUT2D eigenvalue weighted by atomic mass is 79.9. The van der Waals surface area contributed by atoms with E-state index in [2.05, 4.69) is 31.5 Å². The first kappa shape index (κ1) is 12.5. The highest BCUT2D eigenvalue weighted by Gasteiger charge is 2.20. The number of nitrogens with zero attached hydrogens (tertiary/aromatic N) is 1. The number of nitrogens with one attached hydrogen (secondary N) is 2. The van der Waals surface area contributed by atoms with Crippen molar-refractivity contribution in [2.45, 2.75) is 32.2 Å². The number of halogens is 1. The summed E-state index contributed by atoms with van der Waals surface area (Å²) in [5.74, 6) is 0.653. The molecule has 2 rings (SSSR count). The fourth-order valence-corrected chi connectivity index (χ4v) is 1.99. The quantitative estimate of drug-likeness (QED) is 0.876. The Balaban J connectivity index is 1.79. The molecule has 0 spiro atoms. The molecule has 1 amide bonds. The zero-order chi connectivity index (χ0) is 12.3. The van der Waals surface area contributed by atoms with Crippen LogP contribution in [0.4, 0.5) is 5.82 Å². The summed E-state index contributed by atoms with van der Waals surface area (Å²) in [6.07, 6.45) is 4.67. The first-order valence-corrected chi connectivity index (χ1v) is 6.60. The van der Waals surface area contributed by atoms with Gasteiger partial charge in [-0.3, -0.25) is 4.79 Å². The molecule has 5 heteroatoms. The Labute approximate surface area is 109 Å². The molecule has 0 unspecified atom stereocenters. The van der Waals surface area contributed by atoms with Gasteiger partial charge in [0.15, 0.2) is 0 Å². The second-order valence-corrected chi connectivity index (χ2v) is 5.26. The number of hydrogen-bond donors (Lipinski definition) is 2. The summed E-state index contributed by atoms with van der Waals surface area (Å²) >= 11 is 3.34. The molecular formula is C12H16BrN3O. The zero-order valence-corrected chi connectivity index (χ0v) is 11.4. The standard InChI is InChI=1S/C12H16BrN3O/c1-8-6-9(13)7-15-12(8)16-11(17)4-5-14-10-2-3-10/h6-7,10,14H,2-5H2,1H3,(H,15,16,17). The smallest absolute Gasteiger partial charge is 0.226 e. The molecule has 0 saturated heterocycles. The molecule has 0 bridgehead atoms. The molecule has 0 aromatic carbocycles. The van der Waals surface area contributed by atoms with Crippen LogP contribution in [0.1, 0.15) is 24.8 Å². The van der Waals surface area contributed by atoms with Gasteiger partial charge >= 0.3 is 0 Å². The van der Waals surface area contributed by atoms with Crippen LogP contribution in [0.15, 0.2) is 16.7 Å². The highest BCUT2D eigenvalue weighted by molar-refractivity contribution is 9.10. The zero-order valence-electron chi connectivity index (χ0n) is 9.79. The Morgan fingerprint density at radius 2 is 2.35 bits per heavy atom. The number of anilines is 1. The molecule has 17 heavy (non-hydrogen) atoms. The van der Waals surface area contributed by atoms with Crippen LogP contribution in [0, 0.1) is 6.92 Å². The van der Waals surface area contributed by atoms with E-state index in [1.807, 2.05) is 13.0 Å². The second kappa shape index (κ2) is 5.60. The maximum Gasteiger partial charge on any atom is 0.226 e. The summed E-state index contributed by atoms with van der Waals surface area (Å²) in [5.41, 5.74) is 0.961. The molecule has 1 aromatic heterocycles. The summed E-state index contributed by atoms with van der Waals surface area (Å²) in [5, 5.41) is 6.13. The van der Waals surface area contributed by atoms with Gasteiger partial charge in [0.25, 0.3) is 0 Å². The highest BCUT2D eigenvalue weighted by Crippen LogP contribution is 2.18. The molecule has 0 atom stereocenters. The van der Waals surface area contributed by atoms with E-state index < -0.39 is 0 Å². The lowest BCUT2D eigenvalue weighted by Gasteiger charge is -2.07. The van der Waals surface area contributed by atoms with E-state index in [-0.39, 0.29) is 5.91 Å². The summed E-state index contributed by atoms with van der Waals surface area (Å²) in [6.45, 7) is 2.67. The summed E-state index contributed by atoms with van der Waals surface area (Å²) in [4.78, 5) is 15.8. The largest absolute Gasteiger partial charge is 0.313 e. The summed E-state index contributed by atoms with van der Waals surface area (Å²) in [6, 6.07) is 2.58. The number of carbonyl (C=O) groups is 1. The molecule has 0 radical (unpaired) electrons. The topological polar surface area (TPSA) is 54.0 Å². The van der Waals surface area contributed by atoms with Crippen LogP contribution < -0.4 is 10.6 Å². The van der Waals surface area contributed by atoms with E-state index in [1.54, 1.807) is 6.20 Å². The van der Waals surface area contributed by atoms with E-state index in [4.69, 9.17) is 0 Å². The fraction of sp³-hybridized carbons (Fsp3) is 0.500. The van der Waals surface area contributed by atoms with Crippen molar-refractivity contribution in [3.63, 3.8) is 0 Å². The average molecular weight is 298 g/mol. The Hall–Kier alpha value is -0.940. The lowest BCUT2D eigenvalue weighted by Crippen LogP contribution is -2.23. The normalized spacial score (nSPS) is 14.7. The first-order valence-electron chi connectivity index (χ1n) is 5.80. The van der Waals surface area contributed by atoms with E-state index in [0.717, 1.165) is 16.6 Å². The van der Waals surface area contributed by atoms with Crippen molar-refractivity contribution in [2.24, 2.45) is 0 Å². The van der Waals surface area contributed by atoms with Crippen molar-refractivity contribution in [2.75, 3.05) is 11.9 Å². The van der Waals surface area contributed by atoms with Crippen LogP contribution in [0.3, 0.4) is 0 Å². The molecule has 0 aliphatic heterocycles. The van der Waals surface area contributed by atoms with Gasteiger partial charge in [-0.2, -0.15) is 0 Å². The van der Waals surface area contributed by atoms with Gasteiger partial charge in [-0.15, -0.1) is 0 Å². The van der Waals surface area contributed by atoms with Gasteiger partial charge in [-0.25, -0.2) is 4.98 Å². The molecule has 1 heterocycles. The third-order valence-electron chi connectivity index (χ3n) is 2.67. The molecular weight excluding hydrogens is 282 g/mol. The third kappa shape index (κ3) is 4.09. The van der Waals surface area contributed by atoms with Gasteiger partial charge in [0, 0.05) is 29.7 Å². The number of rotatable bonds is 5. The van der Waals surface area contributed by atoms with E-state index in [1.165, 1.54) is 12.8 Å². The number of aromatic nitrogens is 1. The molecule has 1 aliphatic rings. The van der Waals surface area contributed by atoms with Gasteiger partial charge < -0.3 is 10.6 Å². The van der Waals surface area contributed by atoms with Crippen molar-refractivity contribution >= 4 is 27.7 Å².